The predicted molar refractivity (Wildman–Crippen MR) is 70.6 cm³/mol. The van der Waals surface area contributed by atoms with Gasteiger partial charge in [-0.1, -0.05) is 11.6 Å². The van der Waals surface area contributed by atoms with Gasteiger partial charge in [-0.2, -0.15) is 0 Å². The molecule has 6 heteroatoms. The van der Waals surface area contributed by atoms with Crippen molar-refractivity contribution in [3.05, 3.63) is 52.6 Å². The number of anilines is 2. The Hall–Kier alpha value is -2.14. The molecule has 4 nitrogen and oxygen atoms in total. The van der Waals surface area contributed by atoms with Gasteiger partial charge in [-0.3, -0.25) is 4.98 Å². The van der Waals surface area contributed by atoms with Crippen molar-refractivity contribution >= 4 is 28.9 Å². The van der Waals surface area contributed by atoms with Crippen molar-refractivity contribution in [3.63, 3.8) is 0 Å². The quantitative estimate of drug-likeness (QED) is 0.901. The zero-order chi connectivity index (χ0) is 14.0. The molecular weight excluding hydrogens is 271 g/mol. The molecule has 1 aromatic carbocycles. The molecule has 2 N–H and O–H groups in total. The summed E-state index contributed by atoms with van der Waals surface area (Å²) in [6.45, 7) is 1.74. The Morgan fingerprint density at radius 3 is 2.79 bits per heavy atom. The molecule has 0 atom stereocenters. The smallest absolute Gasteiger partial charge is 0.339 e. The van der Waals surface area contributed by atoms with Gasteiger partial charge in [-0.05, 0) is 31.2 Å². The fourth-order valence-electron chi connectivity index (χ4n) is 1.56. The van der Waals surface area contributed by atoms with Gasteiger partial charge in [-0.15, -0.1) is 0 Å². The molecular formula is C13H10ClFN2O2. The highest BCUT2D eigenvalue weighted by Crippen LogP contribution is 2.24. The summed E-state index contributed by atoms with van der Waals surface area (Å²) in [4.78, 5) is 15.0. The summed E-state index contributed by atoms with van der Waals surface area (Å²) in [5, 5.41) is 11.9. The lowest BCUT2D eigenvalue weighted by atomic mass is 10.2. The van der Waals surface area contributed by atoms with Crippen LogP contribution in [0.4, 0.5) is 15.8 Å². The van der Waals surface area contributed by atoms with E-state index in [-0.39, 0.29) is 10.6 Å². The van der Waals surface area contributed by atoms with Gasteiger partial charge in [0.25, 0.3) is 0 Å². The zero-order valence-electron chi connectivity index (χ0n) is 9.95. The minimum atomic E-state index is -1.11. The number of nitrogens with zero attached hydrogens (tertiary/aromatic N) is 1. The van der Waals surface area contributed by atoms with E-state index in [0.717, 1.165) is 0 Å². The first-order valence-corrected chi connectivity index (χ1v) is 5.77. The van der Waals surface area contributed by atoms with Gasteiger partial charge in [0, 0.05) is 17.6 Å². The van der Waals surface area contributed by atoms with Gasteiger partial charge in [0.15, 0.2) is 0 Å². The van der Waals surface area contributed by atoms with E-state index in [1.165, 1.54) is 18.3 Å². The van der Waals surface area contributed by atoms with Gasteiger partial charge >= 0.3 is 5.97 Å². The summed E-state index contributed by atoms with van der Waals surface area (Å²) in [5.74, 6) is -1.68. The van der Waals surface area contributed by atoms with Crippen molar-refractivity contribution in [1.82, 2.24) is 4.98 Å². The van der Waals surface area contributed by atoms with E-state index in [2.05, 4.69) is 10.3 Å². The fourth-order valence-corrected chi connectivity index (χ4v) is 1.68. The van der Waals surface area contributed by atoms with Crippen molar-refractivity contribution in [2.45, 2.75) is 6.92 Å². The first-order chi connectivity index (χ1) is 8.97. The molecule has 0 aliphatic carbocycles. The highest BCUT2D eigenvalue weighted by Gasteiger charge is 2.11. The lowest BCUT2D eigenvalue weighted by Crippen LogP contribution is -2.04. The molecule has 0 unspecified atom stereocenters. The second-order valence-electron chi connectivity index (χ2n) is 3.93. The predicted octanol–water partition coefficient (Wildman–Crippen LogP) is 3.62. The highest BCUT2D eigenvalue weighted by atomic mass is 35.5. The number of aromatic nitrogens is 1. The van der Waals surface area contributed by atoms with Crippen molar-refractivity contribution < 1.29 is 14.3 Å². The number of carboxylic acid groups (broad SMARTS) is 1. The topological polar surface area (TPSA) is 62.2 Å². The van der Waals surface area contributed by atoms with Crippen LogP contribution in [0.15, 0.2) is 30.5 Å². The van der Waals surface area contributed by atoms with Crippen LogP contribution in [0.25, 0.3) is 0 Å². The Morgan fingerprint density at radius 1 is 1.42 bits per heavy atom. The van der Waals surface area contributed by atoms with Crippen LogP contribution >= 0.6 is 11.6 Å². The standard InChI is InChI=1S/C13H10ClFN2O2/c1-7-4-12(9(6-16-7)13(18)19)17-8-2-3-10(14)11(15)5-8/h2-6H,1H3,(H,16,17)(H,18,19). The third-order valence-electron chi connectivity index (χ3n) is 2.47. The number of benzene rings is 1. The first kappa shape index (κ1) is 13.3. The van der Waals surface area contributed by atoms with Crippen LogP contribution in [-0.4, -0.2) is 16.1 Å². The molecule has 0 bridgehead atoms. The maximum atomic E-state index is 13.3. The van der Waals surface area contributed by atoms with Gasteiger partial charge in [0.1, 0.15) is 11.4 Å². The molecule has 0 fully saturated rings. The summed E-state index contributed by atoms with van der Waals surface area (Å²) < 4.78 is 13.3. The second-order valence-corrected chi connectivity index (χ2v) is 4.34. The number of aryl methyl sites for hydroxylation is 1. The number of pyridine rings is 1. The number of carbonyl (C=O) groups is 1. The van der Waals surface area contributed by atoms with E-state index in [4.69, 9.17) is 16.7 Å². The van der Waals surface area contributed by atoms with Crippen molar-refractivity contribution in [2.24, 2.45) is 0 Å². The van der Waals surface area contributed by atoms with E-state index >= 15 is 0 Å². The molecule has 19 heavy (non-hydrogen) atoms. The Morgan fingerprint density at radius 2 is 2.16 bits per heavy atom. The number of hydrogen-bond acceptors (Lipinski definition) is 3. The summed E-state index contributed by atoms with van der Waals surface area (Å²) in [5.41, 5.74) is 1.43. The summed E-state index contributed by atoms with van der Waals surface area (Å²) in [6, 6.07) is 5.74. The molecule has 0 saturated carbocycles. The molecule has 0 aliphatic heterocycles. The number of halogens is 2. The van der Waals surface area contributed by atoms with Crippen LogP contribution in [0.3, 0.4) is 0 Å². The van der Waals surface area contributed by atoms with E-state index in [1.807, 2.05) is 0 Å². The van der Waals surface area contributed by atoms with Crippen LogP contribution in [0.5, 0.6) is 0 Å². The van der Waals surface area contributed by atoms with Crippen LogP contribution in [0.2, 0.25) is 5.02 Å². The molecule has 0 amide bonds. The van der Waals surface area contributed by atoms with Gasteiger partial charge in [0.05, 0.1) is 10.7 Å². The van der Waals surface area contributed by atoms with Crippen molar-refractivity contribution in [1.29, 1.82) is 0 Å². The maximum Gasteiger partial charge on any atom is 0.339 e. The molecule has 0 spiro atoms. The summed E-state index contributed by atoms with van der Waals surface area (Å²) >= 11 is 5.58. The van der Waals surface area contributed by atoms with Crippen LogP contribution in [0.1, 0.15) is 16.1 Å². The Labute approximate surface area is 113 Å². The fraction of sp³-hybridized carbons (Fsp3) is 0.0769. The molecule has 0 saturated heterocycles. The first-order valence-electron chi connectivity index (χ1n) is 5.39. The van der Waals surface area contributed by atoms with Crippen LogP contribution < -0.4 is 5.32 Å². The molecule has 1 aromatic heterocycles. The van der Waals surface area contributed by atoms with Crippen LogP contribution in [-0.2, 0) is 0 Å². The number of rotatable bonds is 3. The lowest BCUT2D eigenvalue weighted by molar-refractivity contribution is 0.0697. The zero-order valence-corrected chi connectivity index (χ0v) is 10.7. The molecule has 0 aliphatic rings. The van der Waals surface area contributed by atoms with Crippen molar-refractivity contribution in [2.75, 3.05) is 5.32 Å². The SMILES string of the molecule is Cc1cc(Nc2ccc(Cl)c(F)c2)c(C(=O)O)cn1. The highest BCUT2D eigenvalue weighted by molar-refractivity contribution is 6.30. The van der Waals surface area contributed by atoms with Gasteiger partial charge in [-0.25, -0.2) is 9.18 Å². The second kappa shape index (κ2) is 5.24. The lowest BCUT2D eigenvalue weighted by Gasteiger charge is -2.10. The molecule has 2 rings (SSSR count). The number of aromatic carboxylic acids is 1. The minimum Gasteiger partial charge on any atom is -0.478 e. The molecule has 98 valence electrons. The average Bonchev–Trinajstić information content (AvgIpc) is 2.33. The largest absolute Gasteiger partial charge is 0.478 e. The normalized spacial score (nSPS) is 10.3. The van der Waals surface area contributed by atoms with Crippen molar-refractivity contribution in [3.8, 4) is 0 Å². The summed E-state index contributed by atoms with van der Waals surface area (Å²) in [7, 11) is 0. The molecule has 2 aromatic rings. The molecule has 0 radical (unpaired) electrons. The third kappa shape index (κ3) is 3.00. The van der Waals surface area contributed by atoms with Gasteiger partial charge < -0.3 is 10.4 Å². The number of carboxylic acids is 1. The average molecular weight is 281 g/mol. The maximum absolute atomic E-state index is 13.3. The minimum absolute atomic E-state index is 0.00918. The summed E-state index contributed by atoms with van der Waals surface area (Å²) in [6.07, 6.45) is 1.26. The number of hydrogen-bond donors (Lipinski definition) is 2. The van der Waals surface area contributed by atoms with E-state index in [0.29, 0.717) is 17.1 Å². The Kier molecular flexibility index (Phi) is 3.66. The van der Waals surface area contributed by atoms with E-state index in [9.17, 15) is 9.18 Å². The monoisotopic (exact) mass is 280 g/mol. The van der Waals surface area contributed by atoms with Gasteiger partial charge in [0.2, 0.25) is 0 Å². The van der Waals surface area contributed by atoms with Crippen LogP contribution in [0, 0.1) is 12.7 Å². The Bertz CT molecular complexity index is 647. The Balaban J connectivity index is 2.39. The number of nitrogens with one attached hydrogen (secondary N) is 1. The molecule has 1 heterocycles. The van der Waals surface area contributed by atoms with E-state index < -0.39 is 11.8 Å². The van der Waals surface area contributed by atoms with E-state index in [1.54, 1.807) is 19.1 Å². The third-order valence-corrected chi connectivity index (χ3v) is 2.78.